The highest BCUT2D eigenvalue weighted by Crippen LogP contribution is 2.38. The van der Waals surface area contributed by atoms with E-state index in [2.05, 4.69) is 11.4 Å². The second-order valence-electron chi connectivity index (χ2n) is 8.87. The minimum atomic E-state index is -0.567. The first kappa shape index (κ1) is 25.8. The molecule has 5 nitrogen and oxygen atoms in total. The van der Waals surface area contributed by atoms with Crippen molar-refractivity contribution in [3.05, 3.63) is 97.3 Å². The van der Waals surface area contributed by atoms with Gasteiger partial charge >= 0.3 is 0 Å². The zero-order valence-electron chi connectivity index (χ0n) is 20.2. The van der Waals surface area contributed by atoms with Crippen LogP contribution in [0.4, 0.5) is 5.00 Å². The zero-order valence-corrected chi connectivity index (χ0v) is 22.5. The molecule has 5 rings (SSSR count). The molecule has 38 heavy (non-hydrogen) atoms. The first-order valence-corrected chi connectivity index (χ1v) is 13.6. The lowest BCUT2D eigenvalue weighted by Gasteiger charge is -2.13. The molecule has 188 valence electrons. The van der Waals surface area contributed by atoms with E-state index in [-0.39, 0.29) is 12.2 Å². The van der Waals surface area contributed by atoms with Crippen LogP contribution in [-0.4, -0.2) is 5.91 Å². The number of amides is 1. The van der Waals surface area contributed by atoms with Crippen molar-refractivity contribution in [1.82, 2.24) is 0 Å². The first-order chi connectivity index (χ1) is 18.5. The van der Waals surface area contributed by atoms with E-state index in [4.69, 9.17) is 27.9 Å². The Kier molecular flexibility index (Phi) is 7.67. The smallest absolute Gasteiger partial charge is 0.266 e. The molecule has 0 unspecified atom stereocenters. The highest BCUT2D eigenvalue weighted by atomic mass is 35.5. The predicted octanol–water partition coefficient (Wildman–Crippen LogP) is 8.08. The number of rotatable bonds is 6. The Hall–Kier alpha value is -3.81. The zero-order chi connectivity index (χ0) is 26.6. The number of nitriles is 2. The van der Waals surface area contributed by atoms with Gasteiger partial charge in [0.2, 0.25) is 0 Å². The molecule has 1 heterocycles. The summed E-state index contributed by atoms with van der Waals surface area (Å²) in [6.07, 6.45) is 5.37. The van der Waals surface area contributed by atoms with Crippen molar-refractivity contribution in [2.24, 2.45) is 0 Å². The van der Waals surface area contributed by atoms with Crippen LogP contribution in [0.5, 0.6) is 5.75 Å². The lowest BCUT2D eigenvalue weighted by molar-refractivity contribution is -0.112. The van der Waals surface area contributed by atoms with Crippen LogP contribution in [0.3, 0.4) is 0 Å². The number of hydrogen-bond acceptors (Lipinski definition) is 5. The average Bonchev–Trinajstić information content (AvgIpc) is 3.28. The van der Waals surface area contributed by atoms with Crippen LogP contribution in [0.15, 0.2) is 60.2 Å². The van der Waals surface area contributed by atoms with Gasteiger partial charge in [-0.1, -0.05) is 59.6 Å². The maximum atomic E-state index is 13.3. The number of aryl methyl sites for hydroxylation is 1. The third-order valence-electron chi connectivity index (χ3n) is 6.49. The highest BCUT2D eigenvalue weighted by Gasteiger charge is 2.23. The number of nitrogens with one attached hydrogen (secondary N) is 1. The molecule has 3 aromatic carbocycles. The summed E-state index contributed by atoms with van der Waals surface area (Å²) < 4.78 is 6.13. The van der Waals surface area contributed by atoms with Crippen molar-refractivity contribution in [2.45, 2.75) is 32.3 Å². The molecule has 0 radical (unpaired) electrons. The van der Waals surface area contributed by atoms with Gasteiger partial charge in [0, 0.05) is 26.0 Å². The van der Waals surface area contributed by atoms with Gasteiger partial charge < -0.3 is 10.1 Å². The van der Waals surface area contributed by atoms with Gasteiger partial charge in [0.1, 0.15) is 35.1 Å². The molecule has 0 saturated heterocycles. The van der Waals surface area contributed by atoms with Crippen LogP contribution in [-0.2, 0) is 24.2 Å². The summed E-state index contributed by atoms with van der Waals surface area (Å²) in [5, 5.41) is 25.8. The van der Waals surface area contributed by atoms with Gasteiger partial charge in [-0.15, -0.1) is 11.3 Å². The molecule has 1 aliphatic carbocycles. The lowest BCUT2D eigenvalue weighted by Crippen LogP contribution is -2.13. The Bertz CT molecular complexity index is 1680. The number of benzene rings is 3. The van der Waals surface area contributed by atoms with Crippen LogP contribution in [0.2, 0.25) is 10.0 Å². The molecule has 1 amide bonds. The van der Waals surface area contributed by atoms with Crippen LogP contribution >= 0.6 is 34.5 Å². The first-order valence-electron chi connectivity index (χ1n) is 12.0. The second kappa shape index (κ2) is 11.3. The molecule has 1 aliphatic rings. The Labute approximate surface area is 234 Å². The van der Waals surface area contributed by atoms with E-state index in [9.17, 15) is 15.3 Å². The minimum Gasteiger partial charge on any atom is -0.488 e. The summed E-state index contributed by atoms with van der Waals surface area (Å²) in [6.45, 7) is 0.176. The van der Waals surface area contributed by atoms with E-state index in [0.29, 0.717) is 31.9 Å². The third kappa shape index (κ3) is 5.26. The van der Waals surface area contributed by atoms with Crippen molar-refractivity contribution in [1.29, 1.82) is 10.5 Å². The summed E-state index contributed by atoms with van der Waals surface area (Å²) in [5.41, 5.74) is 2.79. The maximum absolute atomic E-state index is 13.3. The second-order valence-corrected chi connectivity index (χ2v) is 10.8. The number of halogens is 2. The molecule has 8 heteroatoms. The fourth-order valence-electron chi connectivity index (χ4n) is 4.58. The normalized spacial score (nSPS) is 12.9. The summed E-state index contributed by atoms with van der Waals surface area (Å²) in [4.78, 5) is 14.4. The SMILES string of the molecule is N#C/C(=C\c1c(OCc2ccc(Cl)cc2Cl)ccc2ccccc12)C(=O)Nc1sc2c(c1C#N)CCCC2. The Morgan fingerprint density at radius 2 is 1.89 bits per heavy atom. The summed E-state index contributed by atoms with van der Waals surface area (Å²) in [7, 11) is 0. The fourth-order valence-corrected chi connectivity index (χ4v) is 6.28. The van der Waals surface area contributed by atoms with Crippen LogP contribution in [0, 0.1) is 22.7 Å². The molecule has 0 atom stereocenters. The number of anilines is 1. The molecule has 0 bridgehead atoms. The van der Waals surface area contributed by atoms with E-state index in [0.717, 1.165) is 52.5 Å². The highest BCUT2D eigenvalue weighted by molar-refractivity contribution is 7.16. The largest absolute Gasteiger partial charge is 0.488 e. The number of fused-ring (bicyclic) bond motifs is 2. The van der Waals surface area contributed by atoms with Gasteiger partial charge in [0.05, 0.1) is 5.56 Å². The van der Waals surface area contributed by atoms with Crippen LogP contribution in [0.1, 0.15) is 40.0 Å². The van der Waals surface area contributed by atoms with Gasteiger partial charge in [-0.25, -0.2) is 0 Å². The Morgan fingerprint density at radius 1 is 1.08 bits per heavy atom. The average molecular weight is 558 g/mol. The van der Waals surface area contributed by atoms with E-state index < -0.39 is 5.91 Å². The topological polar surface area (TPSA) is 85.9 Å². The maximum Gasteiger partial charge on any atom is 0.266 e. The monoisotopic (exact) mass is 557 g/mol. The van der Waals surface area contributed by atoms with E-state index in [1.807, 2.05) is 42.5 Å². The van der Waals surface area contributed by atoms with Gasteiger partial charge in [-0.3, -0.25) is 4.79 Å². The van der Waals surface area contributed by atoms with Crippen molar-refractivity contribution in [2.75, 3.05) is 5.32 Å². The molecule has 0 spiro atoms. The molecule has 0 aliphatic heterocycles. The van der Waals surface area contributed by atoms with Gasteiger partial charge in [-0.05, 0) is 66.3 Å². The molecule has 4 aromatic rings. The lowest BCUT2D eigenvalue weighted by atomic mass is 9.96. The standard InChI is InChI=1S/C30H21Cl2N3O2S/c31-21-11-9-19(26(32)14-21)17-37-27-12-10-18-5-1-2-6-22(18)24(27)13-20(15-33)29(36)35-30-25(16-34)23-7-3-4-8-28(23)38-30/h1-2,5-6,9-14H,3-4,7-8,17H2,(H,35,36)/b20-13+. The summed E-state index contributed by atoms with van der Waals surface area (Å²) in [6, 6.07) is 20.9. The minimum absolute atomic E-state index is 0.0917. The fraction of sp³-hybridized carbons (Fsp3) is 0.167. The molecule has 0 fully saturated rings. The van der Waals surface area contributed by atoms with E-state index in [1.54, 1.807) is 18.2 Å². The van der Waals surface area contributed by atoms with Crippen molar-refractivity contribution in [3.63, 3.8) is 0 Å². The van der Waals surface area contributed by atoms with Crippen LogP contribution < -0.4 is 10.1 Å². The number of hydrogen-bond donors (Lipinski definition) is 1. The molecule has 1 aromatic heterocycles. The molecular formula is C30H21Cl2N3O2S. The Morgan fingerprint density at radius 3 is 2.68 bits per heavy atom. The van der Waals surface area contributed by atoms with E-state index >= 15 is 0 Å². The molecular weight excluding hydrogens is 537 g/mol. The number of nitrogens with zero attached hydrogens (tertiary/aromatic N) is 2. The number of ether oxygens (including phenoxy) is 1. The molecule has 1 N–H and O–H groups in total. The molecule has 0 saturated carbocycles. The summed E-state index contributed by atoms with van der Waals surface area (Å²) in [5.74, 6) is -0.0678. The number of thiophene rings is 1. The summed E-state index contributed by atoms with van der Waals surface area (Å²) >= 11 is 13.8. The number of carbonyl (C=O) groups excluding carboxylic acids is 1. The van der Waals surface area contributed by atoms with Crippen LogP contribution in [0.25, 0.3) is 16.8 Å². The van der Waals surface area contributed by atoms with Gasteiger partial charge in [0.25, 0.3) is 5.91 Å². The van der Waals surface area contributed by atoms with Gasteiger partial charge in [-0.2, -0.15) is 10.5 Å². The van der Waals surface area contributed by atoms with Gasteiger partial charge in [0.15, 0.2) is 0 Å². The van der Waals surface area contributed by atoms with Crippen molar-refractivity contribution >= 4 is 62.3 Å². The quantitative estimate of drug-likeness (QED) is 0.192. The number of carbonyl (C=O) groups is 1. The van der Waals surface area contributed by atoms with Crippen molar-refractivity contribution < 1.29 is 9.53 Å². The van der Waals surface area contributed by atoms with Crippen molar-refractivity contribution in [3.8, 4) is 17.9 Å². The predicted molar refractivity (Wildman–Crippen MR) is 153 cm³/mol. The third-order valence-corrected chi connectivity index (χ3v) is 8.29. The Balaban J connectivity index is 1.49. The van der Waals surface area contributed by atoms with E-state index in [1.165, 1.54) is 17.4 Å².